The molecular formula is C22H26N2O4S2. The van der Waals surface area contributed by atoms with Crippen molar-refractivity contribution in [1.82, 2.24) is 4.57 Å². The highest BCUT2D eigenvalue weighted by molar-refractivity contribution is 7.90. The van der Waals surface area contributed by atoms with Crippen LogP contribution in [0.25, 0.3) is 10.2 Å². The molecule has 3 rings (SSSR count). The average Bonchev–Trinajstić information content (AvgIpc) is 3.02. The zero-order valence-electron chi connectivity index (χ0n) is 17.6. The number of fused-ring (bicyclic) bond motifs is 1. The molecule has 0 N–H and O–H groups in total. The Hall–Kier alpha value is -2.29. The minimum Gasteiger partial charge on any atom is -0.383 e. The summed E-state index contributed by atoms with van der Waals surface area (Å²) >= 11 is 1.31. The van der Waals surface area contributed by atoms with Crippen molar-refractivity contribution in [3.63, 3.8) is 0 Å². The van der Waals surface area contributed by atoms with Crippen LogP contribution in [0.3, 0.4) is 0 Å². The number of thiazole rings is 1. The molecule has 0 atom stereocenters. The smallest absolute Gasteiger partial charge is 0.252 e. The molecule has 160 valence electrons. The fourth-order valence-electron chi connectivity index (χ4n) is 3.11. The van der Waals surface area contributed by atoms with Crippen molar-refractivity contribution in [3.8, 4) is 0 Å². The van der Waals surface area contributed by atoms with Crippen molar-refractivity contribution in [2.24, 2.45) is 4.99 Å². The van der Waals surface area contributed by atoms with Gasteiger partial charge in [0.1, 0.15) is 0 Å². The maximum absolute atomic E-state index is 12.6. The van der Waals surface area contributed by atoms with E-state index >= 15 is 0 Å². The number of carbonyl (C=O) groups excluding carboxylic acids is 1. The van der Waals surface area contributed by atoms with Gasteiger partial charge in [0.15, 0.2) is 14.6 Å². The summed E-state index contributed by atoms with van der Waals surface area (Å²) in [6, 6.07) is 13.0. The van der Waals surface area contributed by atoms with Crippen LogP contribution in [0, 0.1) is 0 Å². The number of sulfone groups is 1. The molecule has 0 aliphatic carbocycles. The van der Waals surface area contributed by atoms with E-state index < -0.39 is 9.84 Å². The lowest BCUT2D eigenvalue weighted by atomic mass is 10.0. The number of aromatic nitrogens is 1. The Morgan fingerprint density at radius 2 is 1.87 bits per heavy atom. The van der Waals surface area contributed by atoms with E-state index in [1.54, 1.807) is 25.3 Å². The van der Waals surface area contributed by atoms with Gasteiger partial charge in [0, 0.05) is 19.9 Å². The van der Waals surface area contributed by atoms with Gasteiger partial charge in [0.2, 0.25) is 0 Å². The first-order chi connectivity index (χ1) is 14.2. The van der Waals surface area contributed by atoms with Crippen LogP contribution in [0.15, 0.2) is 52.4 Å². The number of carbonyl (C=O) groups is 1. The van der Waals surface area contributed by atoms with Gasteiger partial charge in [-0.2, -0.15) is 4.99 Å². The van der Waals surface area contributed by atoms with Crippen molar-refractivity contribution in [3.05, 3.63) is 58.4 Å². The van der Waals surface area contributed by atoms with Crippen molar-refractivity contribution in [1.29, 1.82) is 0 Å². The summed E-state index contributed by atoms with van der Waals surface area (Å²) < 4.78 is 31.6. The number of ether oxygens (including phenoxy) is 1. The predicted octanol–water partition coefficient (Wildman–Crippen LogP) is 3.55. The first kappa shape index (κ1) is 22.4. The van der Waals surface area contributed by atoms with Gasteiger partial charge in [0.05, 0.1) is 28.1 Å². The van der Waals surface area contributed by atoms with Gasteiger partial charge in [-0.3, -0.25) is 4.79 Å². The summed E-state index contributed by atoms with van der Waals surface area (Å²) in [6.45, 7) is 5.23. The molecule has 1 heterocycles. The Balaban J connectivity index is 1.97. The van der Waals surface area contributed by atoms with E-state index in [9.17, 15) is 13.2 Å². The van der Waals surface area contributed by atoms with Crippen LogP contribution < -0.4 is 4.80 Å². The van der Waals surface area contributed by atoms with Crippen LogP contribution in [0.1, 0.15) is 30.9 Å². The Bertz CT molecular complexity index is 1220. The number of methoxy groups -OCH3 is 1. The van der Waals surface area contributed by atoms with Gasteiger partial charge in [-0.1, -0.05) is 49.4 Å². The predicted molar refractivity (Wildman–Crippen MR) is 120 cm³/mol. The van der Waals surface area contributed by atoms with Gasteiger partial charge in [-0.05, 0) is 35.2 Å². The molecule has 0 spiro atoms. The molecule has 30 heavy (non-hydrogen) atoms. The summed E-state index contributed by atoms with van der Waals surface area (Å²) in [5.74, 6) is 0.197. The minimum atomic E-state index is -3.31. The number of nitrogens with zero attached hydrogens (tertiary/aromatic N) is 2. The third kappa shape index (κ3) is 5.24. The summed E-state index contributed by atoms with van der Waals surface area (Å²) in [7, 11) is -1.70. The molecule has 0 aliphatic heterocycles. The molecule has 6 nitrogen and oxygen atoms in total. The second kappa shape index (κ2) is 9.24. The van der Waals surface area contributed by atoms with Crippen molar-refractivity contribution < 1.29 is 17.9 Å². The van der Waals surface area contributed by atoms with Crippen LogP contribution in [0.2, 0.25) is 0 Å². The summed E-state index contributed by atoms with van der Waals surface area (Å²) in [6.07, 6.45) is 1.39. The third-order valence-corrected chi connectivity index (χ3v) is 6.97. The molecule has 0 aliphatic rings. The van der Waals surface area contributed by atoms with Gasteiger partial charge < -0.3 is 9.30 Å². The van der Waals surface area contributed by atoms with Crippen LogP contribution in [0.5, 0.6) is 0 Å². The molecule has 0 saturated carbocycles. The normalized spacial score (nSPS) is 12.8. The molecule has 0 radical (unpaired) electrons. The Labute approximate surface area is 180 Å². The van der Waals surface area contributed by atoms with E-state index in [0.29, 0.717) is 23.9 Å². The third-order valence-electron chi connectivity index (χ3n) is 4.82. The highest BCUT2D eigenvalue weighted by Crippen LogP contribution is 2.22. The largest absolute Gasteiger partial charge is 0.383 e. The number of rotatable bonds is 7. The minimum absolute atomic E-state index is 0.214. The Morgan fingerprint density at radius 1 is 1.17 bits per heavy atom. The molecular weight excluding hydrogens is 420 g/mol. The fraction of sp³-hybridized carbons (Fsp3) is 0.364. The van der Waals surface area contributed by atoms with Crippen molar-refractivity contribution in [2.45, 2.75) is 37.6 Å². The number of hydrogen-bond acceptors (Lipinski definition) is 5. The van der Waals surface area contributed by atoms with Crippen LogP contribution >= 0.6 is 11.3 Å². The van der Waals surface area contributed by atoms with Crippen LogP contribution in [0.4, 0.5) is 0 Å². The molecule has 0 fully saturated rings. The van der Waals surface area contributed by atoms with Gasteiger partial charge in [-0.25, -0.2) is 8.42 Å². The maximum Gasteiger partial charge on any atom is 0.252 e. The van der Waals surface area contributed by atoms with E-state index in [-0.39, 0.29) is 17.2 Å². The van der Waals surface area contributed by atoms with E-state index in [4.69, 9.17) is 4.74 Å². The lowest BCUT2D eigenvalue weighted by Crippen LogP contribution is -2.19. The standard InChI is InChI=1S/C22H26N2O4S2/c1-15(2)17-7-5-16(6-8-17)13-21(25)23-22-24(11-12-28-3)19-10-9-18(30(4,26)27)14-20(19)29-22/h5-10,14-15H,11-13H2,1-4H3. The second-order valence-corrected chi connectivity index (χ2v) is 10.5. The van der Waals surface area contributed by atoms with Gasteiger partial charge >= 0.3 is 0 Å². The zero-order valence-corrected chi connectivity index (χ0v) is 19.2. The Kier molecular flexibility index (Phi) is 6.90. The molecule has 1 aromatic heterocycles. The first-order valence-corrected chi connectivity index (χ1v) is 12.4. The molecule has 0 bridgehead atoms. The first-order valence-electron chi connectivity index (χ1n) is 9.68. The van der Waals surface area contributed by atoms with E-state index in [1.165, 1.54) is 23.2 Å². The second-order valence-electron chi connectivity index (χ2n) is 7.51. The molecule has 0 saturated heterocycles. The van der Waals surface area contributed by atoms with E-state index in [2.05, 4.69) is 18.8 Å². The molecule has 2 aromatic carbocycles. The molecule has 1 amide bonds. The summed E-state index contributed by atoms with van der Waals surface area (Å²) in [5.41, 5.74) is 2.97. The van der Waals surface area contributed by atoms with Gasteiger partial charge in [-0.15, -0.1) is 0 Å². The number of hydrogen-bond donors (Lipinski definition) is 0. The SMILES string of the molecule is COCCn1c(=NC(=O)Cc2ccc(C(C)C)cc2)sc2cc(S(C)(=O)=O)ccc21. The monoisotopic (exact) mass is 446 g/mol. The summed E-state index contributed by atoms with van der Waals surface area (Å²) in [5, 5.41) is 0. The fourth-order valence-corrected chi connectivity index (χ4v) is 4.94. The van der Waals surface area contributed by atoms with Gasteiger partial charge in [0.25, 0.3) is 5.91 Å². The van der Waals surface area contributed by atoms with Crippen LogP contribution in [-0.2, 0) is 32.3 Å². The van der Waals surface area contributed by atoms with Crippen molar-refractivity contribution >= 4 is 37.3 Å². The molecule has 0 unspecified atom stereocenters. The quantitative estimate of drug-likeness (QED) is 0.556. The highest BCUT2D eigenvalue weighted by Gasteiger charge is 2.13. The molecule has 3 aromatic rings. The number of benzene rings is 2. The lowest BCUT2D eigenvalue weighted by molar-refractivity contribution is -0.117. The zero-order chi connectivity index (χ0) is 21.9. The van der Waals surface area contributed by atoms with E-state index in [0.717, 1.165) is 15.8 Å². The van der Waals surface area contributed by atoms with Crippen molar-refractivity contribution in [2.75, 3.05) is 20.0 Å². The molecule has 8 heteroatoms. The van der Waals surface area contributed by atoms with E-state index in [1.807, 2.05) is 28.8 Å². The topological polar surface area (TPSA) is 77.7 Å². The maximum atomic E-state index is 12.6. The highest BCUT2D eigenvalue weighted by atomic mass is 32.2. The average molecular weight is 447 g/mol. The van der Waals surface area contributed by atoms with Crippen LogP contribution in [-0.4, -0.2) is 38.9 Å². The lowest BCUT2D eigenvalue weighted by Gasteiger charge is -2.06. The summed E-state index contributed by atoms with van der Waals surface area (Å²) in [4.78, 5) is 17.7. The Morgan fingerprint density at radius 3 is 2.47 bits per heavy atom. The number of amides is 1.